The molecular formula is C15H19N5O2. The lowest BCUT2D eigenvalue weighted by molar-refractivity contribution is -0.131. The molecule has 2 heterocycles. The lowest BCUT2D eigenvalue weighted by atomic mass is 10.2. The van der Waals surface area contributed by atoms with Gasteiger partial charge in [0.2, 0.25) is 5.91 Å². The number of aromatic nitrogens is 2. The molecule has 1 aliphatic rings. The topological polar surface area (TPSA) is 81.3 Å². The fraction of sp³-hybridized carbons (Fsp3) is 0.400. The third kappa shape index (κ3) is 3.09. The molecule has 2 aromatic rings. The van der Waals surface area contributed by atoms with E-state index in [0.717, 1.165) is 24.1 Å². The smallest absolute Gasteiger partial charge is 0.251 e. The summed E-state index contributed by atoms with van der Waals surface area (Å²) in [6.07, 6.45) is 1.59. The Morgan fingerprint density at radius 2 is 2.05 bits per heavy atom. The highest BCUT2D eigenvalue weighted by Gasteiger charge is 2.19. The predicted molar refractivity (Wildman–Crippen MR) is 82.5 cm³/mol. The first-order valence-corrected chi connectivity index (χ1v) is 7.31. The molecule has 1 aliphatic heterocycles. The molecule has 7 nitrogen and oxygen atoms in total. The second kappa shape index (κ2) is 6.15. The number of imidazole rings is 1. The molecule has 0 radical (unpaired) electrons. The molecule has 3 rings (SSSR count). The van der Waals surface area contributed by atoms with Crippen molar-refractivity contribution in [1.82, 2.24) is 25.1 Å². The first kappa shape index (κ1) is 14.5. The van der Waals surface area contributed by atoms with E-state index in [1.165, 1.54) is 0 Å². The Morgan fingerprint density at radius 1 is 1.27 bits per heavy atom. The monoisotopic (exact) mass is 301 g/mol. The number of piperazine rings is 1. The van der Waals surface area contributed by atoms with Gasteiger partial charge in [0.05, 0.1) is 23.9 Å². The van der Waals surface area contributed by atoms with E-state index in [-0.39, 0.29) is 18.4 Å². The maximum absolute atomic E-state index is 12.1. The molecule has 1 saturated heterocycles. The summed E-state index contributed by atoms with van der Waals surface area (Å²) in [5, 5.41) is 2.68. The quantitative estimate of drug-likeness (QED) is 0.840. The van der Waals surface area contributed by atoms with Crippen molar-refractivity contribution in [3.05, 3.63) is 30.1 Å². The van der Waals surface area contributed by atoms with Gasteiger partial charge in [-0.15, -0.1) is 0 Å². The summed E-state index contributed by atoms with van der Waals surface area (Å²) in [6, 6.07) is 5.23. The SMILES string of the molecule is CN1CCN(C(=O)CNC(=O)c2ccc3[nH]cnc3c2)CC1. The van der Waals surface area contributed by atoms with Crippen LogP contribution >= 0.6 is 0 Å². The minimum Gasteiger partial charge on any atom is -0.345 e. The van der Waals surface area contributed by atoms with Crippen LogP contribution < -0.4 is 5.32 Å². The average molecular weight is 301 g/mol. The largest absolute Gasteiger partial charge is 0.345 e. The summed E-state index contributed by atoms with van der Waals surface area (Å²) >= 11 is 0. The van der Waals surface area contributed by atoms with E-state index in [9.17, 15) is 9.59 Å². The number of fused-ring (bicyclic) bond motifs is 1. The normalized spacial score (nSPS) is 16.0. The Balaban J connectivity index is 1.56. The number of hydrogen-bond acceptors (Lipinski definition) is 4. The number of hydrogen-bond donors (Lipinski definition) is 2. The van der Waals surface area contributed by atoms with Crippen LogP contribution in [0.3, 0.4) is 0 Å². The zero-order valence-electron chi connectivity index (χ0n) is 12.5. The summed E-state index contributed by atoms with van der Waals surface area (Å²) < 4.78 is 0. The van der Waals surface area contributed by atoms with E-state index in [0.29, 0.717) is 18.7 Å². The predicted octanol–water partition coefficient (Wildman–Crippen LogP) is 0.0667. The fourth-order valence-electron chi connectivity index (χ4n) is 2.50. The third-order valence-corrected chi connectivity index (χ3v) is 3.94. The second-order valence-electron chi connectivity index (χ2n) is 5.50. The molecule has 2 N–H and O–H groups in total. The number of aromatic amines is 1. The van der Waals surface area contributed by atoms with E-state index >= 15 is 0 Å². The Bertz CT molecular complexity index is 688. The maximum Gasteiger partial charge on any atom is 0.251 e. The van der Waals surface area contributed by atoms with Gasteiger partial charge in [-0.3, -0.25) is 9.59 Å². The van der Waals surface area contributed by atoms with E-state index in [1.807, 2.05) is 7.05 Å². The summed E-state index contributed by atoms with van der Waals surface area (Å²) in [6.45, 7) is 3.20. The van der Waals surface area contributed by atoms with Gasteiger partial charge >= 0.3 is 0 Å². The number of benzene rings is 1. The first-order chi connectivity index (χ1) is 10.6. The molecule has 7 heteroatoms. The van der Waals surface area contributed by atoms with Crippen LogP contribution in [-0.4, -0.2) is 71.4 Å². The van der Waals surface area contributed by atoms with Gasteiger partial charge in [-0.1, -0.05) is 0 Å². The van der Waals surface area contributed by atoms with Gasteiger partial charge in [0.1, 0.15) is 0 Å². The highest BCUT2D eigenvalue weighted by molar-refractivity contribution is 5.98. The molecule has 1 aromatic heterocycles. The zero-order chi connectivity index (χ0) is 15.5. The second-order valence-corrected chi connectivity index (χ2v) is 5.50. The lowest BCUT2D eigenvalue weighted by Crippen LogP contribution is -2.50. The molecule has 0 aliphatic carbocycles. The summed E-state index contributed by atoms with van der Waals surface area (Å²) in [7, 11) is 2.04. The number of nitrogens with one attached hydrogen (secondary N) is 2. The molecule has 22 heavy (non-hydrogen) atoms. The molecule has 1 fully saturated rings. The van der Waals surface area contributed by atoms with Crippen molar-refractivity contribution in [2.24, 2.45) is 0 Å². The zero-order valence-corrected chi connectivity index (χ0v) is 12.5. The highest BCUT2D eigenvalue weighted by atomic mass is 16.2. The Labute approximate surface area is 128 Å². The van der Waals surface area contributed by atoms with Crippen molar-refractivity contribution < 1.29 is 9.59 Å². The van der Waals surface area contributed by atoms with Gasteiger partial charge in [-0.05, 0) is 25.2 Å². The van der Waals surface area contributed by atoms with Crippen LogP contribution in [0, 0.1) is 0 Å². The van der Waals surface area contributed by atoms with Crippen molar-refractivity contribution in [3.8, 4) is 0 Å². The number of likely N-dealkylation sites (N-methyl/N-ethyl adjacent to an activating group) is 1. The van der Waals surface area contributed by atoms with Gasteiger partial charge in [0.25, 0.3) is 5.91 Å². The fourth-order valence-corrected chi connectivity index (χ4v) is 2.50. The number of carbonyl (C=O) groups excluding carboxylic acids is 2. The van der Waals surface area contributed by atoms with Crippen LogP contribution in [0.4, 0.5) is 0 Å². The Morgan fingerprint density at radius 3 is 2.82 bits per heavy atom. The minimum absolute atomic E-state index is 0.0289. The molecule has 1 aromatic carbocycles. The van der Waals surface area contributed by atoms with Crippen molar-refractivity contribution in [2.75, 3.05) is 39.8 Å². The average Bonchev–Trinajstić information content (AvgIpc) is 3.00. The van der Waals surface area contributed by atoms with Gasteiger partial charge in [0.15, 0.2) is 0 Å². The van der Waals surface area contributed by atoms with Gasteiger partial charge in [-0.25, -0.2) is 4.98 Å². The van der Waals surface area contributed by atoms with Crippen molar-refractivity contribution in [1.29, 1.82) is 0 Å². The Kier molecular flexibility index (Phi) is 4.06. The number of rotatable bonds is 3. The maximum atomic E-state index is 12.1. The van der Waals surface area contributed by atoms with Crippen LogP contribution in [0.1, 0.15) is 10.4 Å². The van der Waals surface area contributed by atoms with E-state index in [4.69, 9.17) is 0 Å². The van der Waals surface area contributed by atoms with Gasteiger partial charge < -0.3 is 20.1 Å². The summed E-state index contributed by atoms with van der Waals surface area (Å²) in [5.41, 5.74) is 2.12. The van der Waals surface area contributed by atoms with Gasteiger partial charge in [-0.2, -0.15) is 0 Å². The molecule has 0 atom stereocenters. The molecule has 0 saturated carbocycles. The van der Waals surface area contributed by atoms with Gasteiger partial charge in [0, 0.05) is 31.7 Å². The van der Waals surface area contributed by atoms with Crippen molar-refractivity contribution in [2.45, 2.75) is 0 Å². The molecule has 0 spiro atoms. The van der Waals surface area contributed by atoms with Crippen LogP contribution in [0.5, 0.6) is 0 Å². The third-order valence-electron chi connectivity index (χ3n) is 3.94. The van der Waals surface area contributed by atoms with E-state index in [1.54, 1.807) is 29.4 Å². The number of nitrogens with zero attached hydrogens (tertiary/aromatic N) is 3. The highest BCUT2D eigenvalue weighted by Crippen LogP contribution is 2.11. The molecular weight excluding hydrogens is 282 g/mol. The van der Waals surface area contributed by atoms with Crippen LogP contribution in [-0.2, 0) is 4.79 Å². The van der Waals surface area contributed by atoms with Crippen molar-refractivity contribution >= 4 is 22.8 Å². The number of H-pyrrole nitrogens is 1. The van der Waals surface area contributed by atoms with E-state index in [2.05, 4.69) is 20.2 Å². The Hall–Kier alpha value is -2.41. The van der Waals surface area contributed by atoms with Crippen LogP contribution in [0.25, 0.3) is 11.0 Å². The number of carbonyl (C=O) groups is 2. The molecule has 2 amide bonds. The molecule has 0 bridgehead atoms. The molecule has 0 unspecified atom stereocenters. The minimum atomic E-state index is -0.257. The van der Waals surface area contributed by atoms with Crippen molar-refractivity contribution in [3.63, 3.8) is 0 Å². The summed E-state index contributed by atoms with van der Waals surface area (Å²) in [4.78, 5) is 35.3. The number of amides is 2. The summed E-state index contributed by atoms with van der Waals surface area (Å²) in [5.74, 6) is -0.297. The van der Waals surface area contributed by atoms with Crippen LogP contribution in [0.15, 0.2) is 24.5 Å². The lowest BCUT2D eigenvalue weighted by Gasteiger charge is -2.32. The standard InChI is InChI=1S/C15H19N5O2/c1-19-4-6-20(7-5-19)14(21)9-16-15(22)11-2-3-12-13(8-11)18-10-17-12/h2-3,8,10H,4-7,9H2,1H3,(H,16,22)(H,17,18). The van der Waals surface area contributed by atoms with E-state index < -0.39 is 0 Å². The van der Waals surface area contributed by atoms with Crippen LogP contribution in [0.2, 0.25) is 0 Å². The molecule has 116 valence electrons. The first-order valence-electron chi connectivity index (χ1n) is 7.31.